The van der Waals surface area contributed by atoms with Gasteiger partial charge in [-0.3, -0.25) is 9.59 Å². The zero-order valence-electron chi connectivity index (χ0n) is 11.6. The molecule has 2 amide bonds. The van der Waals surface area contributed by atoms with Crippen LogP contribution in [0.15, 0.2) is 36.4 Å². The number of nitrogens with zero attached hydrogens (tertiary/aromatic N) is 1. The van der Waals surface area contributed by atoms with Gasteiger partial charge in [0.2, 0.25) is 11.8 Å². The van der Waals surface area contributed by atoms with E-state index in [1.54, 1.807) is 31.4 Å². The van der Waals surface area contributed by atoms with Gasteiger partial charge in [0.25, 0.3) is 0 Å². The molecule has 0 saturated carbocycles. The first-order valence-electron chi connectivity index (χ1n) is 6.75. The highest BCUT2D eigenvalue weighted by Gasteiger charge is 2.56. The molecule has 2 atom stereocenters. The van der Waals surface area contributed by atoms with Crippen molar-refractivity contribution in [3.05, 3.63) is 36.4 Å². The van der Waals surface area contributed by atoms with Crippen LogP contribution in [-0.4, -0.2) is 18.9 Å². The first-order valence-corrected chi connectivity index (χ1v) is 6.75. The molecular formula is C16H17NO3. The van der Waals surface area contributed by atoms with Gasteiger partial charge in [0.1, 0.15) is 5.75 Å². The Hall–Kier alpha value is -2.10. The zero-order valence-corrected chi connectivity index (χ0v) is 11.6. The van der Waals surface area contributed by atoms with Crippen LogP contribution in [0.4, 0.5) is 5.69 Å². The highest BCUT2D eigenvalue weighted by Crippen LogP contribution is 2.47. The van der Waals surface area contributed by atoms with Crippen LogP contribution >= 0.6 is 0 Å². The quantitative estimate of drug-likeness (QED) is 0.613. The molecule has 1 aliphatic heterocycles. The van der Waals surface area contributed by atoms with Crippen molar-refractivity contribution in [1.82, 2.24) is 0 Å². The summed E-state index contributed by atoms with van der Waals surface area (Å²) in [6.45, 7) is 1.89. The van der Waals surface area contributed by atoms with E-state index in [9.17, 15) is 9.59 Å². The molecular weight excluding hydrogens is 254 g/mol. The molecule has 0 bridgehead atoms. The fourth-order valence-corrected chi connectivity index (χ4v) is 3.06. The molecule has 3 rings (SSSR count). The predicted molar refractivity (Wildman–Crippen MR) is 75.5 cm³/mol. The van der Waals surface area contributed by atoms with Crippen LogP contribution in [0.5, 0.6) is 5.75 Å². The minimum atomic E-state index is -0.592. The Balaban J connectivity index is 1.98. The van der Waals surface area contributed by atoms with Gasteiger partial charge < -0.3 is 4.74 Å². The standard InChI is InChI=1S/C16H17NO3/c1-16-10-4-3-5-13(16)14(18)17(15(16)19)11-6-8-12(20-2)9-7-11/h3-4,6-9,13H,5,10H2,1-2H3. The largest absolute Gasteiger partial charge is 0.497 e. The number of anilines is 1. The van der Waals surface area contributed by atoms with Crippen molar-refractivity contribution < 1.29 is 14.3 Å². The van der Waals surface area contributed by atoms with Crippen LogP contribution in [0, 0.1) is 11.3 Å². The molecule has 1 fully saturated rings. The van der Waals surface area contributed by atoms with Gasteiger partial charge in [0.05, 0.1) is 24.1 Å². The Kier molecular flexibility index (Phi) is 2.89. The monoisotopic (exact) mass is 271 g/mol. The number of amides is 2. The third-order valence-electron chi connectivity index (χ3n) is 4.39. The van der Waals surface area contributed by atoms with Crippen molar-refractivity contribution in [3.8, 4) is 5.75 Å². The average molecular weight is 271 g/mol. The summed E-state index contributed by atoms with van der Waals surface area (Å²) in [7, 11) is 1.59. The molecule has 4 heteroatoms. The number of carbonyl (C=O) groups excluding carboxylic acids is 2. The SMILES string of the molecule is COc1ccc(N2C(=O)C3CC=CCC3(C)C2=O)cc1. The van der Waals surface area contributed by atoms with E-state index >= 15 is 0 Å². The number of allylic oxidation sites excluding steroid dienone is 2. The molecule has 1 heterocycles. The maximum Gasteiger partial charge on any atom is 0.240 e. The minimum absolute atomic E-state index is 0.0907. The second-order valence-electron chi connectivity index (χ2n) is 5.56. The molecule has 4 nitrogen and oxygen atoms in total. The third-order valence-corrected chi connectivity index (χ3v) is 4.39. The van der Waals surface area contributed by atoms with E-state index in [0.29, 0.717) is 24.3 Å². The number of carbonyl (C=O) groups is 2. The van der Waals surface area contributed by atoms with E-state index in [4.69, 9.17) is 4.74 Å². The molecule has 20 heavy (non-hydrogen) atoms. The maximum atomic E-state index is 12.7. The van der Waals surface area contributed by atoms with Gasteiger partial charge in [-0.15, -0.1) is 0 Å². The van der Waals surface area contributed by atoms with Crippen molar-refractivity contribution in [2.75, 3.05) is 12.0 Å². The third kappa shape index (κ3) is 1.68. The van der Waals surface area contributed by atoms with Crippen LogP contribution in [0.1, 0.15) is 19.8 Å². The van der Waals surface area contributed by atoms with E-state index in [1.807, 2.05) is 19.1 Å². The Labute approximate surface area is 118 Å². The molecule has 2 unspecified atom stereocenters. The molecule has 0 N–H and O–H groups in total. The van der Waals surface area contributed by atoms with Gasteiger partial charge in [0, 0.05) is 0 Å². The number of benzene rings is 1. The lowest BCUT2D eigenvalue weighted by molar-refractivity contribution is -0.126. The summed E-state index contributed by atoms with van der Waals surface area (Å²) in [4.78, 5) is 26.5. The van der Waals surface area contributed by atoms with Crippen molar-refractivity contribution in [2.45, 2.75) is 19.8 Å². The van der Waals surface area contributed by atoms with E-state index in [2.05, 4.69) is 0 Å². The molecule has 1 aromatic rings. The van der Waals surface area contributed by atoms with Crippen LogP contribution in [-0.2, 0) is 9.59 Å². The molecule has 1 aliphatic carbocycles. The summed E-state index contributed by atoms with van der Waals surface area (Å²) in [5, 5.41) is 0. The van der Waals surface area contributed by atoms with Gasteiger partial charge in [-0.1, -0.05) is 12.2 Å². The molecule has 0 radical (unpaired) electrons. The summed E-state index contributed by atoms with van der Waals surface area (Å²) < 4.78 is 5.10. The number of fused-ring (bicyclic) bond motifs is 1. The first-order chi connectivity index (χ1) is 9.58. The average Bonchev–Trinajstić information content (AvgIpc) is 2.67. The maximum absolute atomic E-state index is 12.7. The van der Waals surface area contributed by atoms with E-state index < -0.39 is 5.41 Å². The topological polar surface area (TPSA) is 46.6 Å². The smallest absolute Gasteiger partial charge is 0.240 e. The number of ether oxygens (including phenoxy) is 1. The zero-order chi connectivity index (χ0) is 14.3. The summed E-state index contributed by atoms with van der Waals surface area (Å²) in [6.07, 6.45) is 5.27. The normalized spacial score (nSPS) is 28.7. The number of rotatable bonds is 2. The molecule has 2 aliphatic rings. The molecule has 1 aromatic carbocycles. The number of imide groups is 1. The van der Waals surface area contributed by atoms with Crippen molar-refractivity contribution in [1.29, 1.82) is 0 Å². The van der Waals surface area contributed by atoms with E-state index in [-0.39, 0.29) is 17.7 Å². The Morgan fingerprint density at radius 2 is 1.90 bits per heavy atom. The lowest BCUT2D eigenvalue weighted by atomic mass is 9.72. The van der Waals surface area contributed by atoms with Gasteiger partial charge in [-0.25, -0.2) is 4.90 Å². The summed E-state index contributed by atoms with van der Waals surface area (Å²) in [6, 6.07) is 7.03. The Morgan fingerprint density at radius 1 is 1.20 bits per heavy atom. The van der Waals surface area contributed by atoms with Gasteiger partial charge in [-0.2, -0.15) is 0 Å². The second kappa shape index (κ2) is 4.47. The minimum Gasteiger partial charge on any atom is -0.497 e. The van der Waals surface area contributed by atoms with Crippen LogP contribution in [0.25, 0.3) is 0 Å². The van der Waals surface area contributed by atoms with Gasteiger partial charge in [0.15, 0.2) is 0 Å². The van der Waals surface area contributed by atoms with Crippen molar-refractivity contribution in [3.63, 3.8) is 0 Å². The van der Waals surface area contributed by atoms with Crippen LogP contribution in [0.3, 0.4) is 0 Å². The molecule has 0 aromatic heterocycles. The number of hydrogen-bond donors (Lipinski definition) is 0. The van der Waals surface area contributed by atoms with E-state index in [1.165, 1.54) is 4.90 Å². The predicted octanol–water partition coefficient (Wildman–Crippen LogP) is 2.54. The highest BCUT2D eigenvalue weighted by molar-refractivity contribution is 6.23. The molecule has 0 spiro atoms. The lowest BCUT2D eigenvalue weighted by Crippen LogP contribution is -2.34. The van der Waals surface area contributed by atoms with Gasteiger partial charge in [-0.05, 0) is 44.0 Å². The van der Waals surface area contributed by atoms with Crippen LogP contribution < -0.4 is 9.64 Å². The van der Waals surface area contributed by atoms with Crippen LogP contribution in [0.2, 0.25) is 0 Å². The fourth-order valence-electron chi connectivity index (χ4n) is 3.06. The number of methoxy groups -OCH3 is 1. The Morgan fingerprint density at radius 3 is 2.50 bits per heavy atom. The summed E-state index contributed by atoms with van der Waals surface area (Å²) >= 11 is 0. The highest BCUT2D eigenvalue weighted by atomic mass is 16.5. The molecule has 104 valence electrons. The number of hydrogen-bond acceptors (Lipinski definition) is 3. The summed E-state index contributed by atoms with van der Waals surface area (Å²) in [5.74, 6) is 0.286. The second-order valence-corrected chi connectivity index (χ2v) is 5.56. The fraction of sp³-hybridized carbons (Fsp3) is 0.375. The van der Waals surface area contributed by atoms with Crippen molar-refractivity contribution >= 4 is 17.5 Å². The summed E-state index contributed by atoms with van der Waals surface area (Å²) in [5.41, 5.74) is 0.0302. The first kappa shape index (κ1) is 12.9. The van der Waals surface area contributed by atoms with Crippen molar-refractivity contribution in [2.24, 2.45) is 11.3 Å². The lowest BCUT2D eigenvalue weighted by Gasteiger charge is -2.27. The molecule has 1 saturated heterocycles. The van der Waals surface area contributed by atoms with E-state index in [0.717, 1.165) is 0 Å². The van der Waals surface area contributed by atoms with Gasteiger partial charge >= 0.3 is 0 Å². The Bertz CT molecular complexity index is 590.